The van der Waals surface area contributed by atoms with Crippen LogP contribution >= 0.6 is 0 Å². The lowest BCUT2D eigenvalue weighted by Crippen LogP contribution is -2.35. The zero-order chi connectivity index (χ0) is 15.0. The van der Waals surface area contributed by atoms with Crippen molar-refractivity contribution in [3.8, 4) is 5.88 Å². The van der Waals surface area contributed by atoms with Crippen molar-refractivity contribution < 1.29 is 19.1 Å². The number of rotatable bonds is 7. The van der Waals surface area contributed by atoms with Crippen molar-refractivity contribution in [1.82, 2.24) is 10.3 Å². The zero-order valence-electron chi connectivity index (χ0n) is 12.0. The summed E-state index contributed by atoms with van der Waals surface area (Å²) in [5.41, 5.74) is 0.278. The normalized spacial score (nSPS) is 11.6. The minimum absolute atomic E-state index is 0.0776. The van der Waals surface area contributed by atoms with Crippen LogP contribution in [0.15, 0.2) is 18.3 Å². The van der Waals surface area contributed by atoms with Gasteiger partial charge in [-0.05, 0) is 19.4 Å². The fourth-order valence-corrected chi connectivity index (χ4v) is 1.66. The molecule has 1 heterocycles. The third-order valence-corrected chi connectivity index (χ3v) is 2.64. The predicted octanol–water partition coefficient (Wildman–Crippen LogP) is 1.55. The number of ether oxygens (including phenoxy) is 2. The van der Waals surface area contributed by atoms with Crippen molar-refractivity contribution in [1.29, 1.82) is 0 Å². The number of pyridine rings is 1. The average molecular weight is 280 g/mol. The predicted molar refractivity (Wildman–Crippen MR) is 73.6 cm³/mol. The maximum absolute atomic E-state index is 11.7. The first kappa shape index (κ1) is 15.9. The molecule has 0 aliphatic rings. The second-order valence-electron chi connectivity index (χ2n) is 4.42. The summed E-state index contributed by atoms with van der Waals surface area (Å²) in [4.78, 5) is 27.1. The van der Waals surface area contributed by atoms with Crippen LogP contribution in [0.25, 0.3) is 0 Å². The Morgan fingerprint density at radius 3 is 2.70 bits per heavy atom. The third-order valence-electron chi connectivity index (χ3n) is 2.64. The van der Waals surface area contributed by atoms with E-state index in [1.54, 1.807) is 6.07 Å². The molecule has 0 aliphatic heterocycles. The Balaban J connectivity index is 2.40. The van der Waals surface area contributed by atoms with Gasteiger partial charge in [-0.15, -0.1) is 0 Å². The minimum Gasteiger partial charge on any atom is -0.481 e. The van der Waals surface area contributed by atoms with Gasteiger partial charge in [0.05, 0.1) is 12.7 Å². The van der Waals surface area contributed by atoms with Gasteiger partial charge in [-0.2, -0.15) is 0 Å². The summed E-state index contributed by atoms with van der Waals surface area (Å²) >= 11 is 0. The van der Waals surface area contributed by atoms with Crippen LogP contribution in [0, 0.1) is 0 Å². The van der Waals surface area contributed by atoms with Gasteiger partial charge in [0, 0.05) is 18.3 Å². The molecule has 1 rings (SSSR count). The van der Waals surface area contributed by atoms with Gasteiger partial charge in [-0.25, -0.2) is 9.78 Å². The molecule has 1 unspecified atom stereocenters. The first-order valence-electron chi connectivity index (χ1n) is 6.53. The molecule has 20 heavy (non-hydrogen) atoms. The van der Waals surface area contributed by atoms with E-state index in [1.165, 1.54) is 19.4 Å². The van der Waals surface area contributed by atoms with E-state index in [9.17, 15) is 9.59 Å². The van der Waals surface area contributed by atoms with E-state index < -0.39 is 5.97 Å². The fraction of sp³-hybridized carbons (Fsp3) is 0.500. The van der Waals surface area contributed by atoms with E-state index in [4.69, 9.17) is 9.47 Å². The van der Waals surface area contributed by atoms with Crippen molar-refractivity contribution in [3.63, 3.8) is 0 Å². The number of carbonyl (C=O) groups excluding carboxylic acids is 2. The Bertz CT molecular complexity index is 445. The van der Waals surface area contributed by atoms with Crippen molar-refractivity contribution in [2.24, 2.45) is 0 Å². The molecular formula is C14H20N2O4. The number of carbonyl (C=O) groups is 2. The average Bonchev–Trinajstić information content (AvgIpc) is 2.45. The molecule has 0 saturated carbocycles. The largest absolute Gasteiger partial charge is 0.481 e. The Hall–Kier alpha value is -2.11. The molecule has 0 spiro atoms. The topological polar surface area (TPSA) is 77.5 Å². The van der Waals surface area contributed by atoms with E-state index in [2.05, 4.69) is 10.3 Å². The highest BCUT2D eigenvalue weighted by Gasteiger charge is 2.12. The van der Waals surface area contributed by atoms with Gasteiger partial charge in [0.1, 0.15) is 0 Å². The summed E-state index contributed by atoms with van der Waals surface area (Å²) < 4.78 is 9.80. The molecule has 0 radical (unpaired) electrons. The van der Waals surface area contributed by atoms with Crippen molar-refractivity contribution in [3.05, 3.63) is 23.9 Å². The fourth-order valence-electron chi connectivity index (χ4n) is 1.66. The maximum Gasteiger partial charge on any atom is 0.340 e. The molecule has 0 fully saturated rings. The number of amides is 1. The molecule has 0 aromatic carbocycles. The van der Waals surface area contributed by atoms with E-state index in [1.807, 2.05) is 13.8 Å². The van der Waals surface area contributed by atoms with E-state index in [-0.39, 0.29) is 24.1 Å². The van der Waals surface area contributed by atoms with Crippen molar-refractivity contribution in [2.75, 3.05) is 13.7 Å². The Morgan fingerprint density at radius 2 is 2.15 bits per heavy atom. The molecule has 1 N–H and O–H groups in total. The summed E-state index contributed by atoms with van der Waals surface area (Å²) in [6.45, 7) is 3.66. The molecule has 110 valence electrons. The van der Waals surface area contributed by atoms with E-state index in [0.717, 1.165) is 12.8 Å². The first-order valence-corrected chi connectivity index (χ1v) is 6.53. The maximum atomic E-state index is 11.7. The van der Waals surface area contributed by atoms with Crippen molar-refractivity contribution in [2.45, 2.75) is 32.7 Å². The molecule has 6 nitrogen and oxygen atoms in total. The molecular weight excluding hydrogens is 260 g/mol. The zero-order valence-corrected chi connectivity index (χ0v) is 12.0. The molecule has 0 saturated heterocycles. The second kappa shape index (κ2) is 8.14. The lowest BCUT2D eigenvalue weighted by Gasteiger charge is -2.12. The molecule has 0 bridgehead atoms. The summed E-state index contributed by atoms with van der Waals surface area (Å²) in [6.07, 6.45) is 3.22. The monoisotopic (exact) mass is 280 g/mol. The molecule has 1 aromatic heterocycles. The Kier molecular flexibility index (Phi) is 6.49. The summed E-state index contributed by atoms with van der Waals surface area (Å²) in [5, 5.41) is 2.75. The second-order valence-corrected chi connectivity index (χ2v) is 4.42. The number of hydrogen-bond acceptors (Lipinski definition) is 5. The van der Waals surface area contributed by atoms with Crippen LogP contribution in [0.4, 0.5) is 0 Å². The first-order chi connectivity index (χ1) is 9.56. The van der Waals surface area contributed by atoms with Gasteiger partial charge >= 0.3 is 5.97 Å². The number of nitrogens with one attached hydrogen (secondary N) is 1. The van der Waals surface area contributed by atoms with Gasteiger partial charge in [-0.1, -0.05) is 13.3 Å². The standard InChI is InChI=1S/C14H20N2O4/c1-4-5-10(2)16-12(17)9-20-14(18)11-6-7-13(19-3)15-8-11/h6-8,10H,4-5,9H2,1-3H3,(H,16,17). The molecule has 1 atom stereocenters. The summed E-state index contributed by atoms with van der Waals surface area (Å²) in [6, 6.07) is 3.17. The summed E-state index contributed by atoms with van der Waals surface area (Å²) in [5.74, 6) is -0.480. The minimum atomic E-state index is -0.585. The van der Waals surface area contributed by atoms with Crippen LogP contribution in [0.3, 0.4) is 0 Å². The number of esters is 1. The number of methoxy groups -OCH3 is 1. The highest BCUT2D eigenvalue weighted by Crippen LogP contribution is 2.07. The third kappa shape index (κ3) is 5.26. The molecule has 1 amide bonds. The number of aromatic nitrogens is 1. The van der Waals surface area contributed by atoms with Crippen LogP contribution in [-0.4, -0.2) is 36.6 Å². The molecule has 1 aromatic rings. The Morgan fingerprint density at radius 1 is 1.40 bits per heavy atom. The van der Waals surface area contributed by atoms with Gasteiger partial charge in [0.15, 0.2) is 6.61 Å². The quantitative estimate of drug-likeness (QED) is 0.767. The van der Waals surface area contributed by atoms with Gasteiger partial charge in [-0.3, -0.25) is 4.79 Å². The lowest BCUT2D eigenvalue weighted by atomic mass is 10.2. The Labute approximate surface area is 118 Å². The van der Waals surface area contributed by atoms with Crippen LogP contribution in [0.5, 0.6) is 5.88 Å². The summed E-state index contributed by atoms with van der Waals surface area (Å²) in [7, 11) is 1.49. The van der Waals surface area contributed by atoms with Crippen LogP contribution in [0.2, 0.25) is 0 Å². The van der Waals surface area contributed by atoms with Crippen LogP contribution in [-0.2, 0) is 9.53 Å². The van der Waals surface area contributed by atoms with E-state index >= 15 is 0 Å². The molecule has 6 heteroatoms. The molecule has 0 aliphatic carbocycles. The number of nitrogens with zero attached hydrogens (tertiary/aromatic N) is 1. The lowest BCUT2D eigenvalue weighted by molar-refractivity contribution is -0.124. The van der Waals surface area contributed by atoms with Gasteiger partial charge in [0.25, 0.3) is 5.91 Å². The van der Waals surface area contributed by atoms with E-state index in [0.29, 0.717) is 5.88 Å². The van der Waals surface area contributed by atoms with Gasteiger partial charge in [0.2, 0.25) is 5.88 Å². The van der Waals surface area contributed by atoms with Crippen LogP contribution in [0.1, 0.15) is 37.0 Å². The SMILES string of the molecule is CCCC(C)NC(=O)COC(=O)c1ccc(OC)nc1. The van der Waals surface area contributed by atoms with Crippen molar-refractivity contribution >= 4 is 11.9 Å². The smallest absolute Gasteiger partial charge is 0.340 e. The van der Waals surface area contributed by atoms with Gasteiger partial charge < -0.3 is 14.8 Å². The number of hydrogen-bond donors (Lipinski definition) is 1. The van der Waals surface area contributed by atoms with Crippen LogP contribution < -0.4 is 10.1 Å². The highest BCUT2D eigenvalue weighted by atomic mass is 16.5. The highest BCUT2D eigenvalue weighted by molar-refractivity contribution is 5.91.